The van der Waals surface area contributed by atoms with Gasteiger partial charge in [0.15, 0.2) is 0 Å². The van der Waals surface area contributed by atoms with Crippen molar-refractivity contribution in [3.8, 4) is 5.75 Å². The minimum atomic E-state index is -0.878. The summed E-state index contributed by atoms with van der Waals surface area (Å²) in [4.78, 5) is 10.8. The zero-order valence-corrected chi connectivity index (χ0v) is 11.8. The van der Waals surface area contributed by atoms with E-state index in [4.69, 9.17) is 21.4 Å². The van der Waals surface area contributed by atoms with E-state index in [1.54, 1.807) is 24.3 Å². The van der Waals surface area contributed by atoms with Gasteiger partial charge in [-0.2, -0.15) is 0 Å². The molecule has 2 aromatic carbocycles. The lowest BCUT2D eigenvalue weighted by Gasteiger charge is -2.17. The number of halogens is 1. The fourth-order valence-electron chi connectivity index (χ4n) is 1.95. The first-order valence-electron chi connectivity index (χ1n) is 6.28. The maximum absolute atomic E-state index is 10.8. The molecule has 0 aromatic heterocycles. The monoisotopic (exact) mass is 290 g/mol. The highest BCUT2D eigenvalue weighted by molar-refractivity contribution is 6.30. The largest absolute Gasteiger partial charge is 0.486 e. The smallest absolute Gasteiger partial charge is 0.307 e. The predicted molar refractivity (Wildman–Crippen MR) is 78.3 cm³/mol. The summed E-state index contributed by atoms with van der Waals surface area (Å²) in [6, 6.07) is 14.6. The molecule has 4 heteroatoms. The topological polar surface area (TPSA) is 46.5 Å². The first-order valence-corrected chi connectivity index (χ1v) is 6.66. The molecule has 2 aromatic rings. The van der Waals surface area contributed by atoms with Gasteiger partial charge in [0.2, 0.25) is 0 Å². The average Bonchev–Trinajstić information content (AvgIpc) is 2.40. The first kappa shape index (κ1) is 14.4. The van der Waals surface area contributed by atoms with Crippen LogP contribution in [0.25, 0.3) is 0 Å². The Hall–Kier alpha value is -2.00. The quantitative estimate of drug-likeness (QED) is 0.901. The van der Waals surface area contributed by atoms with Crippen LogP contribution in [0.5, 0.6) is 5.75 Å². The van der Waals surface area contributed by atoms with E-state index in [1.165, 1.54) is 0 Å². The maximum Gasteiger partial charge on any atom is 0.307 e. The van der Waals surface area contributed by atoms with Crippen molar-refractivity contribution in [1.29, 1.82) is 0 Å². The number of carbonyl (C=O) groups is 1. The van der Waals surface area contributed by atoms with Crippen LogP contribution in [0.15, 0.2) is 48.5 Å². The zero-order valence-electron chi connectivity index (χ0n) is 11.0. The summed E-state index contributed by atoms with van der Waals surface area (Å²) in [5, 5.41) is 9.56. The highest BCUT2D eigenvalue weighted by atomic mass is 35.5. The second kappa shape index (κ2) is 6.44. The van der Waals surface area contributed by atoms with Crippen molar-refractivity contribution >= 4 is 17.6 Å². The van der Waals surface area contributed by atoms with Gasteiger partial charge in [0, 0.05) is 10.6 Å². The van der Waals surface area contributed by atoms with E-state index in [0.717, 1.165) is 5.56 Å². The van der Waals surface area contributed by atoms with Gasteiger partial charge in [0.1, 0.15) is 11.9 Å². The highest BCUT2D eigenvalue weighted by Gasteiger charge is 2.12. The van der Waals surface area contributed by atoms with Crippen LogP contribution in [-0.2, 0) is 11.2 Å². The van der Waals surface area contributed by atoms with E-state index in [-0.39, 0.29) is 12.5 Å². The Kier molecular flexibility index (Phi) is 4.64. The number of benzene rings is 2. The number of aliphatic carboxylic acids is 1. The van der Waals surface area contributed by atoms with Gasteiger partial charge < -0.3 is 9.84 Å². The van der Waals surface area contributed by atoms with Crippen molar-refractivity contribution < 1.29 is 14.6 Å². The molecule has 1 unspecified atom stereocenters. The second-order valence-electron chi connectivity index (χ2n) is 4.49. The Labute approximate surface area is 122 Å². The van der Waals surface area contributed by atoms with E-state index < -0.39 is 5.97 Å². The molecule has 0 aliphatic carbocycles. The van der Waals surface area contributed by atoms with Crippen LogP contribution in [-0.4, -0.2) is 11.1 Å². The molecule has 0 fully saturated rings. The summed E-state index contributed by atoms with van der Waals surface area (Å²) in [7, 11) is 0. The van der Waals surface area contributed by atoms with Crippen LogP contribution >= 0.6 is 11.6 Å². The summed E-state index contributed by atoms with van der Waals surface area (Å²) in [5.41, 5.74) is 1.61. The molecule has 0 saturated carbocycles. The molecular formula is C16H15ClO3. The third kappa shape index (κ3) is 3.75. The number of carboxylic acids is 1. The van der Waals surface area contributed by atoms with Gasteiger partial charge in [-0.25, -0.2) is 0 Å². The van der Waals surface area contributed by atoms with E-state index in [9.17, 15) is 4.79 Å². The normalized spacial score (nSPS) is 11.9. The molecule has 0 amide bonds. The Morgan fingerprint density at radius 2 is 2.00 bits per heavy atom. The number of ether oxygens (including phenoxy) is 1. The van der Waals surface area contributed by atoms with Crippen LogP contribution in [0.4, 0.5) is 0 Å². The Morgan fingerprint density at radius 1 is 1.25 bits per heavy atom. The number of rotatable bonds is 5. The molecule has 104 valence electrons. The molecule has 0 spiro atoms. The van der Waals surface area contributed by atoms with Crippen LogP contribution in [0, 0.1) is 0 Å². The Bertz CT molecular complexity index is 610. The summed E-state index contributed by atoms with van der Waals surface area (Å²) >= 11 is 5.96. The first-order chi connectivity index (χ1) is 9.56. The lowest BCUT2D eigenvalue weighted by molar-refractivity contribution is -0.136. The summed E-state index contributed by atoms with van der Waals surface area (Å²) in [5.74, 6) is -0.293. The molecule has 0 bridgehead atoms. The lowest BCUT2D eigenvalue weighted by Crippen LogP contribution is -2.07. The summed E-state index contributed by atoms with van der Waals surface area (Å²) in [6.45, 7) is 1.91. The van der Waals surface area contributed by atoms with Crippen molar-refractivity contribution in [2.75, 3.05) is 0 Å². The molecular weight excluding hydrogens is 276 g/mol. The van der Waals surface area contributed by atoms with Crippen LogP contribution in [0.1, 0.15) is 24.2 Å². The lowest BCUT2D eigenvalue weighted by atomic mass is 10.1. The summed E-state index contributed by atoms with van der Waals surface area (Å²) in [6.07, 6.45) is -0.262. The van der Waals surface area contributed by atoms with Crippen molar-refractivity contribution in [3.63, 3.8) is 0 Å². The molecule has 3 nitrogen and oxygen atoms in total. The van der Waals surface area contributed by atoms with Gasteiger partial charge in [-0.05, 0) is 30.7 Å². The van der Waals surface area contributed by atoms with Gasteiger partial charge in [0.05, 0.1) is 6.42 Å². The third-order valence-electron chi connectivity index (χ3n) is 2.94. The molecule has 2 rings (SSSR count). The standard InChI is InChI=1S/C16H15ClO3/c1-11(12-6-4-7-14(17)9-12)20-15-8-3-2-5-13(15)10-16(18)19/h2-9,11H,10H2,1H3,(H,18,19). The fourth-order valence-corrected chi connectivity index (χ4v) is 2.14. The Morgan fingerprint density at radius 3 is 2.70 bits per heavy atom. The van der Waals surface area contributed by atoms with Gasteiger partial charge in [-0.15, -0.1) is 0 Å². The molecule has 0 aliphatic rings. The summed E-state index contributed by atoms with van der Waals surface area (Å²) < 4.78 is 5.87. The number of hydrogen-bond acceptors (Lipinski definition) is 2. The van der Waals surface area contributed by atoms with Crippen molar-refractivity contribution in [2.24, 2.45) is 0 Å². The number of para-hydroxylation sites is 1. The molecule has 20 heavy (non-hydrogen) atoms. The van der Waals surface area contributed by atoms with E-state index in [2.05, 4.69) is 0 Å². The van der Waals surface area contributed by atoms with E-state index in [1.807, 2.05) is 31.2 Å². The molecule has 1 N–H and O–H groups in total. The third-order valence-corrected chi connectivity index (χ3v) is 3.17. The minimum absolute atomic E-state index is 0.0571. The second-order valence-corrected chi connectivity index (χ2v) is 4.93. The molecule has 1 atom stereocenters. The van der Waals surface area contributed by atoms with E-state index in [0.29, 0.717) is 16.3 Å². The number of hydrogen-bond donors (Lipinski definition) is 1. The van der Waals surface area contributed by atoms with Gasteiger partial charge in [0.25, 0.3) is 0 Å². The SMILES string of the molecule is CC(Oc1ccccc1CC(=O)O)c1cccc(Cl)c1. The molecule has 0 radical (unpaired) electrons. The van der Waals surface area contributed by atoms with E-state index >= 15 is 0 Å². The molecule has 0 aliphatic heterocycles. The minimum Gasteiger partial charge on any atom is -0.486 e. The van der Waals surface area contributed by atoms with Crippen molar-refractivity contribution in [2.45, 2.75) is 19.4 Å². The molecule has 0 saturated heterocycles. The van der Waals surface area contributed by atoms with Crippen LogP contribution < -0.4 is 4.74 Å². The Balaban J connectivity index is 2.19. The van der Waals surface area contributed by atoms with Gasteiger partial charge in [-0.3, -0.25) is 4.79 Å². The maximum atomic E-state index is 10.8. The average molecular weight is 291 g/mol. The number of carboxylic acid groups (broad SMARTS) is 1. The fraction of sp³-hybridized carbons (Fsp3) is 0.188. The molecule has 0 heterocycles. The van der Waals surface area contributed by atoms with Gasteiger partial charge in [-0.1, -0.05) is 41.9 Å². The predicted octanol–water partition coefficient (Wildman–Crippen LogP) is 4.11. The van der Waals surface area contributed by atoms with Crippen molar-refractivity contribution in [1.82, 2.24) is 0 Å². The van der Waals surface area contributed by atoms with Crippen molar-refractivity contribution in [3.05, 3.63) is 64.7 Å². The van der Waals surface area contributed by atoms with Crippen LogP contribution in [0.2, 0.25) is 5.02 Å². The highest BCUT2D eigenvalue weighted by Crippen LogP contribution is 2.26. The zero-order chi connectivity index (χ0) is 14.5. The van der Waals surface area contributed by atoms with Gasteiger partial charge >= 0.3 is 5.97 Å². The van der Waals surface area contributed by atoms with Crippen LogP contribution in [0.3, 0.4) is 0 Å².